The predicted octanol–water partition coefficient (Wildman–Crippen LogP) is 1.91. The molecule has 10 heavy (non-hydrogen) atoms. The van der Waals surface area contributed by atoms with Crippen molar-refractivity contribution in [3.63, 3.8) is 0 Å². The largest absolute Gasteiger partial charge is 0.232 e. The van der Waals surface area contributed by atoms with Crippen molar-refractivity contribution in [1.82, 2.24) is 0 Å². The van der Waals surface area contributed by atoms with E-state index in [0.717, 1.165) is 12.8 Å². The molecule has 0 fully saturated rings. The molecule has 0 N–H and O–H groups in total. The smallest absolute Gasteiger partial charge is 0.212 e. The number of rotatable bonds is 5. The molecule has 0 rings (SSSR count). The molecule has 4 heteroatoms. The van der Waals surface area contributed by atoms with E-state index >= 15 is 0 Å². The van der Waals surface area contributed by atoms with E-state index in [4.69, 9.17) is 10.7 Å². The van der Waals surface area contributed by atoms with Crippen molar-refractivity contribution in [3.8, 4) is 0 Å². The third-order valence-corrected chi connectivity index (χ3v) is 2.29. The molecule has 2 nitrogen and oxygen atoms in total. The van der Waals surface area contributed by atoms with E-state index in [2.05, 4.69) is 6.58 Å². The molecule has 0 aromatic heterocycles. The molecule has 0 unspecified atom stereocenters. The van der Waals surface area contributed by atoms with E-state index in [-0.39, 0.29) is 5.75 Å². The SMILES string of the molecule is C=CCCCCS(=O)(=O)Cl. The van der Waals surface area contributed by atoms with Crippen LogP contribution in [0.1, 0.15) is 19.3 Å². The average Bonchev–Trinajstić information content (AvgIpc) is 1.78. The first kappa shape index (κ1) is 9.98. The number of allylic oxidation sites excluding steroid dienone is 1. The fraction of sp³-hybridized carbons (Fsp3) is 0.667. The predicted molar refractivity (Wildman–Crippen MR) is 43.7 cm³/mol. The van der Waals surface area contributed by atoms with E-state index in [1.165, 1.54) is 0 Å². The van der Waals surface area contributed by atoms with Crippen molar-refractivity contribution >= 4 is 19.7 Å². The van der Waals surface area contributed by atoms with Gasteiger partial charge in [0, 0.05) is 10.7 Å². The minimum atomic E-state index is -3.27. The summed E-state index contributed by atoms with van der Waals surface area (Å²) < 4.78 is 20.7. The van der Waals surface area contributed by atoms with Gasteiger partial charge < -0.3 is 0 Å². The fourth-order valence-electron chi connectivity index (χ4n) is 0.563. The lowest BCUT2D eigenvalue weighted by Crippen LogP contribution is -1.95. The lowest BCUT2D eigenvalue weighted by Gasteiger charge is -1.92. The Morgan fingerprint density at radius 3 is 2.40 bits per heavy atom. The van der Waals surface area contributed by atoms with Gasteiger partial charge in [0.25, 0.3) is 0 Å². The van der Waals surface area contributed by atoms with Gasteiger partial charge in [-0.2, -0.15) is 0 Å². The van der Waals surface area contributed by atoms with Crippen LogP contribution in [0.3, 0.4) is 0 Å². The third-order valence-electron chi connectivity index (χ3n) is 1.05. The number of unbranched alkanes of at least 4 members (excludes halogenated alkanes) is 2. The van der Waals surface area contributed by atoms with E-state index in [9.17, 15) is 8.42 Å². The monoisotopic (exact) mass is 182 g/mol. The first-order chi connectivity index (χ1) is 4.56. The Morgan fingerprint density at radius 2 is 2.00 bits per heavy atom. The van der Waals surface area contributed by atoms with Crippen molar-refractivity contribution in [3.05, 3.63) is 12.7 Å². The molecular formula is C6H11ClO2S. The number of halogens is 1. The maximum Gasteiger partial charge on any atom is 0.232 e. The van der Waals surface area contributed by atoms with E-state index < -0.39 is 9.05 Å². The Labute approximate surface area is 66.3 Å². The minimum absolute atomic E-state index is 0.0718. The van der Waals surface area contributed by atoms with Crippen LogP contribution in [0.15, 0.2) is 12.7 Å². The molecule has 0 atom stereocenters. The maximum atomic E-state index is 10.3. The molecule has 0 aliphatic heterocycles. The van der Waals surface area contributed by atoms with Crippen molar-refractivity contribution in [2.75, 3.05) is 5.75 Å². The zero-order valence-electron chi connectivity index (χ0n) is 5.72. The Hall–Kier alpha value is -0.0200. The second-order valence-electron chi connectivity index (χ2n) is 2.03. The van der Waals surface area contributed by atoms with Gasteiger partial charge in [-0.3, -0.25) is 0 Å². The topological polar surface area (TPSA) is 34.1 Å². The summed E-state index contributed by atoms with van der Waals surface area (Å²) in [5.41, 5.74) is 0. The van der Waals surface area contributed by atoms with E-state index in [0.29, 0.717) is 6.42 Å². The summed E-state index contributed by atoms with van der Waals surface area (Å²) in [6.07, 6.45) is 4.08. The zero-order valence-corrected chi connectivity index (χ0v) is 7.29. The summed E-state index contributed by atoms with van der Waals surface area (Å²) in [5.74, 6) is 0.0718. The van der Waals surface area contributed by atoms with Crippen LogP contribution < -0.4 is 0 Å². The summed E-state index contributed by atoms with van der Waals surface area (Å²) in [4.78, 5) is 0. The van der Waals surface area contributed by atoms with Crippen LogP contribution in [0.25, 0.3) is 0 Å². The third kappa shape index (κ3) is 7.98. The molecule has 0 bridgehead atoms. The van der Waals surface area contributed by atoms with E-state index in [1.807, 2.05) is 0 Å². The van der Waals surface area contributed by atoms with Gasteiger partial charge in [-0.1, -0.05) is 6.08 Å². The van der Waals surface area contributed by atoms with Crippen LogP contribution in [-0.4, -0.2) is 14.2 Å². The lowest BCUT2D eigenvalue weighted by atomic mass is 10.2. The molecule has 0 aromatic rings. The number of hydrogen-bond acceptors (Lipinski definition) is 2. The van der Waals surface area contributed by atoms with Gasteiger partial charge >= 0.3 is 0 Å². The highest BCUT2D eigenvalue weighted by atomic mass is 35.7. The van der Waals surface area contributed by atoms with Crippen LogP contribution in [-0.2, 0) is 9.05 Å². The lowest BCUT2D eigenvalue weighted by molar-refractivity contribution is 0.605. The van der Waals surface area contributed by atoms with Gasteiger partial charge in [0.2, 0.25) is 9.05 Å². The van der Waals surface area contributed by atoms with Crippen LogP contribution in [0.2, 0.25) is 0 Å². The van der Waals surface area contributed by atoms with Crippen LogP contribution >= 0.6 is 10.7 Å². The molecule has 0 saturated carbocycles. The standard InChI is InChI=1S/C6H11ClO2S/c1-2-3-4-5-6-10(7,8)9/h2H,1,3-6H2. The summed E-state index contributed by atoms with van der Waals surface area (Å²) in [6.45, 7) is 3.51. The second kappa shape index (κ2) is 4.74. The van der Waals surface area contributed by atoms with Gasteiger partial charge in [-0.05, 0) is 19.3 Å². The Kier molecular flexibility index (Phi) is 4.73. The molecule has 0 spiro atoms. The van der Waals surface area contributed by atoms with Crippen molar-refractivity contribution < 1.29 is 8.42 Å². The van der Waals surface area contributed by atoms with Gasteiger partial charge in [0.15, 0.2) is 0 Å². The second-order valence-corrected chi connectivity index (χ2v) is 4.92. The first-order valence-corrected chi connectivity index (χ1v) is 5.57. The van der Waals surface area contributed by atoms with Gasteiger partial charge in [-0.15, -0.1) is 6.58 Å². The quantitative estimate of drug-likeness (QED) is 0.370. The van der Waals surface area contributed by atoms with Crippen LogP contribution in [0.5, 0.6) is 0 Å². The highest BCUT2D eigenvalue weighted by molar-refractivity contribution is 8.13. The maximum absolute atomic E-state index is 10.3. The number of hydrogen-bond donors (Lipinski definition) is 0. The normalized spacial score (nSPS) is 11.3. The molecule has 0 heterocycles. The highest BCUT2D eigenvalue weighted by Gasteiger charge is 2.02. The van der Waals surface area contributed by atoms with Crippen molar-refractivity contribution in [2.24, 2.45) is 0 Å². The molecule has 0 radical (unpaired) electrons. The fourth-order valence-corrected chi connectivity index (χ4v) is 1.44. The minimum Gasteiger partial charge on any atom is -0.212 e. The summed E-state index contributed by atoms with van der Waals surface area (Å²) in [5, 5.41) is 0. The van der Waals surface area contributed by atoms with Crippen LogP contribution in [0.4, 0.5) is 0 Å². The Morgan fingerprint density at radius 1 is 1.40 bits per heavy atom. The molecule has 0 saturated heterocycles. The summed E-state index contributed by atoms with van der Waals surface area (Å²) >= 11 is 0. The zero-order chi connectivity index (χ0) is 8.04. The van der Waals surface area contributed by atoms with Crippen molar-refractivity contribution in [2.45, 2.75) is 19.3 Å². The first-order valence-electron chi connectivity index (χ1n) is 3.09. The molecule has 0 aromatic carbocycles. The molecular weight excluding hydrogens is 172 g/mol. The summed E-state index contributed by atoms with van der Waals surface area (Å²) in [6, 6.07) is 0. The summed E-state index contributed by atoms with van der Waals surface area (Å²) in [7, 11) is 1.69. The Balaban J connectivity index is 3.29. The Bertz CT molecular complexity index is 184. The van der Waals surface area contributed by atoms with E-state index in [1.54, 1.807) is 6.08 Å². The van der Waals surface area contributed by atoms with Gasteiger partial charge in [0.1, 0.15) is 0 Å². The molecule has 0 aliphatic rings. The van der Waals surface area contributed by atoms with Crippen molar-refractivity contribution in [1.29, 1.82) is 0 Å². The van der Waals surface area contributed by atoms with Gasteiger partial charge in [-0.25, -0.2) is 8.42 Å². The molecule has 60 valence electrons. The highest BCUT2D eigenvalue weighted by Crippen LogP contribution is 2.03. The molecule has 0 amide bonds. The average molecular weight is 183 g/mol. The van der Waals surface area contributed by atoms with Crippen LogP contribution in [0, 0.1) is 0 Å². The molecule has 0 aliphatic carbocycles. The van der Waals surface area contributed by atoms with Gasteiger partial charge in [0.05, 0.1) is 5.75 Å².